The maximum atomic E-state index is 9.75. The molecule has 2 N–H and O–H groups in total. The van der Waals surface area contributed by atoms with Gasteiger partial charge in [-0.1, -0.05) is 42.5 Å². The van der Waals surface area contributed by atoms with E-state index >= 15 is 0 Å². The van der Waals surface area contributed by atoms with Crippen LogP contribution < -0.4 is 10.1 Å². The molecule has 3 rings (SSSR count). The number of aliphatic hydroxyl groups is 1. The molecule has 0 saturated carbocycles. The van der Waals surface area contributed by atoms with Gasteiger partial charge in [0.25, 0.3) is 0 Å². The molecule has 138 valence electrons. The maximum absolute atomic E-state index is 9.75. The normalized spacial score (nSPS) is 17.4. The van der Waals surface area contributed by atoms with Crippen LogP contribution in [0.4, 0.5) is 0 Å². The minimum absolute atomic E-state index is 0.252. The Balaban J connectivity index is 1.61. The minimum atomic E-state index is -0.252. The van der Waals surface area contributed by atoms with E-state index in [9.17, 15) is 5.11 Å². The molecule has 26 heavy (non-hydrogen) atoms. The lowest BCUT2D eigenvalue weighted by molar-refractivity contribution is 0.188. The van der Waals surface area contributed by atoms with Crippen molar-refractivity contribution < 1.29 is 9.84 Å². The van der Waals surface area contributed by atoms with Crippen LogP contribution >= 0.6 is 0 Å². The van der Waals surface area contributed by atoms with Crippen LogP contribution in [0.15, 0.2) is 59.6 Å². The number of para-hydroxylation sites is 1. The summed E-state index contributed by atoms with van der Waals surface area (Å²) >= 11 is 0. The number of hydrogen-bond donors (Lipinski definition) is 2. The zero-order valence-corrected chi connectivity index (χ0v) is 15.3. The Kier molecular flexibility index (Phi) is 6.50. The highest BCUT2D eigenvalue weighted by Crippen LogP contribution is 2.14. The molecule has 1 aliphatic heterocycles. The molecule has 1 aliphatic rings. The molecule has 0 spiro atoms. The molecule has 2 aromatic carbocycles. The average molecular weight is 353 g/mol. The second-order valence-electron chi connectivity index (χ2n) is 6.48. The summed E-state index contributed by atoms with van der Waals surface area (Å²) in [6, 6.07) is 18.2. The van der Waals surface area contributed by atoms with Crippen molar-refractivity contribution in [1.29, 1.82) is 0 Å². The average Bonchev–Trinajstić information content (AvgIpc) is 3.11. The number of ether oxygens (including phenoxy) is 1. The second kappa shape index (κ2) is 9.25. The zero-order chi connectivity index (χ0) is 18.2. The van der Waals surface area contributed by atoms with Crippen LogP contribution in [0.2, 0.25) is 0 Å². The Morgan fingerprint density at radius 2 is 2.00 bits per heavy atom. The molecule has 0 aliphatic carbocycles. The maximum Gasteiger partial charge on any atom is 0.194 e. The molecule has 0 amide bonds. The molecule has 0 unspecified atom stereocenters. The largest absolute Gasteiger partial charge is 0.489 e. The SMILES string of the molecule is CCNC(=NCc1cccc(COc2ccccc2)c1)N1CC[C@@H](O)C1. The molecule has 1 heterocycles. The van der Waals surface area contributed by atoms with E-state index < -0.39 is 0 Å². The molecule has 1 fully saturated rings. The highest BCUT2D eigenvalue weighted by atomic mass is 16.5. The predicted molar refractivity (Wildman–Crippen MR) is 104 cm³/mol. The van der Waals surface area contributed by atoms with Gasteiger partial charge in [0, 0.05) is 19.6 Å². The van der Waals surface area contributed by atoms with Crippen LogP contribution in [0, 0.1) is 0 Å². The molecule has 0 radical (unpaired) electrons. The number of aliphatic hydroxyl groups excluding tert-OH is 1. The molecule has 5 heteroatoms. The quantitative estimate of drug-likeness (QED) is 0.619. The van der Waals surface area contributed by atoms with Crippen LogP contribution in [0.3, 0.4) is 0 Å². The predicted octanol–water partition coefficient (Wildman–Crippen LogP) is 2.80. The van der Waals surface area contributed by atoms with Crippen molar-refractivity contribution in [2.75, 3.05) is 19.6 Å². The van der Waals surface area contributed by atoms with Crippen molar-refractivity contribution >= 4 is 5.96 Å². The summed E-state index contributed by atoms with van der Waals surface area (Å²) < 4.78 is 5.82. The molecule has 2 aromatic rings. The van der Waals surface area contributed by atoms with Crippen LogP contribution in [-0.4, -0.2) is 41.7 Å². The van der Waals surface area contributed by atoms with E-state index in [0.29, 0.717) is 19.7 Å². The van der Waals surface area contributed by atoms with E-state index in [4.69, 9.17) is 9.73 Å². The van der Waals surface area contributed by atoms with Crippen molar-refractivity contribution in [2.45, 2.75) is 32.6 Å². The first-order valence-corrected chi connectivity index (χ1v) is 9.21. The Morgan fingerprint density at radius 3 is 2.73 bits per heavy atom. The topological polar surface area (TPSA) is 57.1 Å². The lowest BCUT2D eigenvalue weighted by Gasteiger charge is -2.21. The minimum Gasteiger partial charge on any atom is -0.489 e. The fraction of sp³-hybridized carbons (Fsp3) is 0.381. The van der Waals surface area contributed by atoms with E-state index in [2.05, 4.69) is 35.3 Å². The van der Waals surface area contributed by atoms with Crippen LogP contribution in [0.5, 0.6) is 5.75 Å². The Morgan fingerprint density at radius 1 is 1.19 bits per heavy atom. The molecule has 0 aromatic heterocycles. The number of β-amino-alcohol motifs (C(OH)–C–C–N with tert-alkyl or cyclic N) is 1. The van der Waals surface area contributed by atoms with Gasteiger partial charge in [-0.25, -0.2) is 4.99 Å². The number of likely N-dealkylation sites (tertiary alicyclic amines) is 1. The fourth-order valence-electron chi connectivity index (χ4n) is 3.03. The van der Waals surface area contributed by atoms with Crippen molar-refractivity contribution in [3.63, 3.8) is 0 Å². The summed E-state index contributed by atoms with van der Waals surface area (Å²) in [5.41, 5.74) is 2.28. The van der Waals surface area contributed by atoms with Gasteiger partial charge < -0.3 is 20.1 Å². The van der Waals surface area contributed by atoms with E-state index in [-0.39, 0.29) is 6.10 Å². The van der Waals surface area contributed by atoms with E-state index in [1.54, 1.807) is 0 Å². The van der Waals surface area contributed by atoms with E-state index in [0.717, 1.165) is 42.3 Å². The van der Waals surface area contributed by atoms with Gasteiger partial charge in [0.05, 0.1) is 12.6 Å². The molecule has 1 saturated heterocycles. The molecule has 5 nitrogen and oxygen atoms in total. The number of nitrogens with zero attached hydrogens (tertiary/aromatic N) is 2. The highest BCUT2D eigenvalue weighted by Gasteiger charge is 2.22. The van der Waals surface area contributed by atoms with Crippen molar-refractivity contribution in [3.8, 4) is 5.75 Å². The first-order chi connectivity index (χ1) is 12.7. The lowest BCUT2D eigenvalue weighted by Crippen LogP contribution is -2.40. The smallest absolute Gasteiger partial charge is 0.194 e. The van der Waals surface area contributed by atoms with Crippen LogP contribution in [0.25, 0.3) is 0 Å². The summed E-state index contributed by atoms with van der Waals surface area (Å²) in [5, 5.41) is 13.1. The number of nitrogens with one attached hydrogen (secondary N) is 1. The molecular weight excluding hydrogens is 326 g/mol. The second-order valence-corrected chi connectivity index (χ2v) is 6.48. The van der Waals surface area contributed by atoms with Crippen LogP contribution in [-0.2, 0) is 13.2 Å². The Bertz CT molecular complexity index is 718. The third-order valence-electron chi connectivity index (χ3n) is 4.35. The van der Waals surface area contributed by atoms with Gasteiger partial charge in [-0.05, 0) is 36.6 Å². The van der Waals surface area contributed by atoms with Gasteiger partial charge in [-0.2, -0.15) is 0 Å². The Hall–Kier alpha value is -2.53. The third-order valence-corrected chi connectivity index (χ3v) is 4.35. The number of benzene rings is 2. The third kappa shape index (κ3) is 5.23. The van der Waals surface area contributed by atoms with E-state index in [1.807, 2.05) is 36.4 Å². The number of hydrogen-bond acceptors (Lipinski definition) is 3. The Labute approximate surface area is 155 Å². The van der Waals surface area contributed by atoms with Gasteiger partial charge in [0.15, 0.2) is 5.96 Å². The summed E-state index contributed by atoms with van der Waals surface area (Å²) in [7, 11) is 0. The standard InChI is InChI=1S/C21H27N3O2/c1-2-22-21(24-12-11-19(25)15-24)23-14-17-7-6-8-18(13-17)16-26-20-9-4-3-5-10-20/h3-10,13,19,25H,2,11-12,14-16H2,1H3,(H,22,23)/t19-/m1/s1. The number of guanidine groups is 1. The van der Waals surface area contributed by atoms with Crippen molar-refractivity contribution in [3.05, 3.63) is 65.7 Å². The number of rotatable bonds is 6. The van der Waals surface area contributed by atoms with Gasteiger partial charge >= 0.3 is 0 Å². The van der Waals surface area contributed by atoms with Crippen LogP contribution in [0.1, 0.15) is 24.5 Å². The van der Waals surface area contributed by atoms with Crippen molar-refractivity contribution in [2.24, 2.45) is 4.99 Å². The van der Waals surface area contributed by atoms with Gasteiger partial charge in [0.1, 0.15) is 12.4 Å². The highest BCUT2D eigenvalue weighted by molar-refractivity contribution is 5.80. The molecular formula is C21H27N3O2. The van der Waals surface area contributed by atoms with Crippen molar-refractivity contribution in [1.82, 2.24) is 10.2 Å². The first-order valence-electron chi connectivity index (χ1n) is 9.21. The number of aliphatic imine (C=N–C) groups is 1. The molecule has 1 atom stereocenters. The summed E-state index contributed by atoms with van der Waals surface area (Å²) in [4.78, 5) is 6.86. The van der Waals surface area contributed by atoms with Gasteiger partial charge in [-0.15, -0.1) is 0 Å². The summed E-state index contributed by atoms with van der Waals surface area (Å²) in [5.74, 6) is 1.74. The fourth-order valence-corrected chi connectivity index (χ4v) is 3.03. The van der Waals surface area contributed by atoms with E-state index in [1.165, 1.54) is 0 Å². The zero-order valence-electron chi connectivity index (χ0n) is 15.3. The van der Waals surface area contributed by atoms with Gasteiger partial charge in [-0.3, -0.25) is 0 Å². The van der Waals surface area contributed by atoms with Gasteiger partial charge in [0.2, 0.25) is 0 Å². The first kappa shape index (κ1) is 18.3. The lowest BCUT2D eigenvalue weighted by atomic mass is 10.1. The summed E-state index contributed by atoms with van der Waals surface area (Å²) in [6.45, 7) is 5.52. The molecule has 0 bridgehead atoms. The summed E-state index contributed by atoms with van der Waals surface area (Å²) in [6.07, 6.45) is 0.550. The monoisotopic (exact) mass is 353 g/mol.